The van der Waals surface area contributed by atoms with E-state index in [4.69, 9.17) is 4.74 Å². The average molecular weight is 302 g/mol. The third-order valence-corrected chi connectivity index (χ3v) is 4.53. The molecule has 0 radical (unpaired) electrons. The van der Waals surface area contributed by atoms with Gasteiger partial charge in [0.1, 0.15) is 0 Å². The minimum Gasteiger partial charge on any atom is -0.450 e. The smallest absolute Gasteiger partial charge is 0.410 e. The summed E-state index contributed by atoms with van der Waals surface area (Å²) in [5, 5.41) is 0. The van der Waals surface area contributed by atoms with E-state index in [2.05, 4.69) is 0 Å². The Morgan fingerprint density at radius 1 is 1.23 bits per heavy atom. The van der Waals surface area contributed by atoms with Crippen LogP contribution in [0.1, 0.15) is 32.6 Å². The van der Waals surface area contributed by atoms with Gasteiger partial charge in [0.25, 0.3) is 0 Å². The van der Waals surface area contributed by atoms with Gasteiger partial charge in [0, 0.05) is 18.7 Å². The first-order chi connectivity index (χ1) is 10.7. The summed E-state index contributed by atoms with van der Waals surface area (Å²) in [6, 6.07) is 9.87. The lowest BCUT2D eigenvalue weighted by Crippen LogP contribution is -2.61. The molecule has 0 aliphatic carbocycles. The summed E-state index contributed by atoms with van der Waals surface area (Å²) in [6.07, 6.45) is 2.79. The van der Waals surface area contributed by atoms with Crippen LogP contribution in [-0.2, 0) is 9.53 Å². The van der Waals surface area contributed by atoms with Gasteiger partial charge in [0.15, 0.2) is 0 Å². The van der Waals surface area contributed by atoms with Crippen molar-refractivity contribution in [1.29, 1.82) is 0 Å². The number of fused-ring (bicyclic) bond motifs is 1. The van der Waals surface area contributed by atoms with Gasteiger partial charge < -0.3 is 14.5 Å². The third kappa shape index (κ3) is 2.67. The van der Waals surface area contributed by atoms with E-state index in [1.807, 2.05) is 47.1 Å². The van der Waals surface area contributed by atoms with E-state index in [0.717, 1.165) is 31.5 Å². The Morgan fingerprint density at radius 3 is 2.73 bits per heavy atom. The van der Waals surface area contributed by atoms with Gasteiger partial charge in [-0.2, -0.15) is 0 Å². The van der Waals surface area contributed by atoms with E-state index < -0.39 is 0 Å². The summed E-state index contributed by atoms with van der Waals surface area (Å²) >= 11 is 0. The second-order valence-corrected chi connectivity index (χ2v) is 5.81. The Kier molecular flexibility index (Phi) is 4.32. The van der Waals surface area contributed by atoms with Gasteiger partial charge in [-0.25, -0.2) is 4.79 Å². The van der Waals surface area contributed by atoms with Crippen molar-refractivity contribution < 1.29 is 14.3 Å². The van der Waals surface area contributed by atoms with Gasteiger partial charge in [0.05, 0.1) is 18.7 Å². The molecule has 22 heavy (non-hydrogen) atoms. The van der Waals surface area contributed by atoms with Crippen molar-refractivity contribution in [3.05, 3.63) is 30.3 Å². The molecule has 1 aromatic carbocycles. The molecule has 2 saturated heterocycles. The molecule has 0 unspecified atom stereocenters. The Hall–Kier alpha value is -2.04. The number of amides is 2. The van der Waals surface area contributed by atoms with E-state index in [1.54, 1.807) is 0 Å². The van der Waals surface area contributed by atoms with Gasteiger partial charge >= 0.3 is 6.09 Å². The fourth-order valence-corrected chi connectivity index (χ4v) is 3.62. The van der Waals surface area contributed by atoms with Gasteiger partial charge in [-0.3, -0.25) is 4.79 Å². The molecule has 118 valence electrons. The van der Waals surface area contributed by atoms with Crippen LogP contribution in [-0.4, -0.2) is 42.1 Å². The molecule has 0 spiro atoms. The quantitative estimate of drug-likeness (QED) is 0.844. The molecular formula is C17H22N2O3. The number of para-hydroxylation sites is 1. The molecule has 0 aromatic heterocycles. The Morgan fingerprint density at radius 2 is 2.00 bits per heavy atom. The molecule has 2 amide bonds. The predicted octanol–water partition coefficient (Wildman–Crippen LogP) is 2.80. The van der Waals surface area contributed by atoms with Gasteiger partial charge in [0.2, 0.25) is 5.91 Å². The van der Waals surface area contributed by atoms with E-state index in [1.165, 1.54) is 0 Å². The van der Waals surface area contributed by atoms with Crippen LogP contribution in [0.25, 0.3) is 0 Å². The number of rotatable bonds is 2. The maximum absolute atomic E-state index is 12.4. The monoisotopic (exact) mass is 302 g/mol. The molecule has 2 aliphatic heterocycles. The summed E-state index contributed by atoms with van der Waals surface area (Å²) in [6.45, 7) is 2.92. The third-order valence-electron chi connectivity index (χ3n) is 4.53. The minimum absolute atomic E-state index is 0.0572. The fourth-order valence-electron chi connectivity index (χ4n) is 3.62. The number of anilines is 1. The second-order valence-electron chi connectivity index (χ2n) is 5.81. The van der Waals surface area contributed by atoms with E-state index in [0.29, 0.717) is 13.0 Å². The summed E-state index contributed by atoms with van der Waals surface area (Å²) in [5.41, 5.74) is 0.924. The van der Waals surface area contributed by atoms with E-state index in [9.17, 15) is 9.59 Å². The SMILES string of the molecule is CCOC(=O)N1CCC[C@H]2[C@H]1CCC(=O)N2c1ccccc1. The van der Waals surface area contributed by atoms with Crippen molar-refractivity contribution in [2.45, 2.75) is 44.7 Å². The Balaban J connectivity index is 1.87. The topological polar surface area (TPSA) is 49.9 Å². The largest absolute Gasteiger partial charge is 0.450 e. The first-order valence-electron chi connectivity index (χ1n) is 8.03. The number of nitrogens with zero attached hydrogens (tertiary/aromatic N) is 2. The molecule has 2 heterocycles. The van der Waals surface area contributed by atoms with E-state index >= 15 is 0 Å². The zero-order valence-electron chi connectivity index (χ0n) is 12.9. The number of carbonyl (C=O) groups is 2. The summed E-state index contributed by atoms with van der Waals surface area (Å²) in [7, 11) is 0. The number of benzene rings is 1. The predicted molar refractivity (Wildman–Crippen MR) is 83.7 cm³/mol. The molecule has 0 N–H and O–H groups in total. The number of hydrogen-bond donors (Lipinski definition) is 0. The van der Waals surface area contributed by atoms with Crippen LogP contribution in [0, 0.1) is 0 Å². The lowest BCUT2D eigenvalue weighted by Gasteiger charge is -2.48. The average Bonchev–Trinajstić information content (AvgIpc) is 2.55. The van der Waals surface area contributed by atoms with Gasteiger partial charge in [-0.1, -0.05) is 18.2 Å². The summed E-state index contributed by atoms with van der Waals surface area (Å²) in [4.78, 5) is 28.3. The first-order valence-corrected chi connectivity index (χ1v) is 8.03. The number of hydrogen-bond acceptors (Lipinski definition) is 3. The van der Waals surface area contributed by atoms with Crippen LogP contribution in [0.4, 0.5) is 10.5 Å². The highest BCUT2D eigenvalue weighted by Gasteiger charge is 2.43. The van der Waals surface area contributed by atoms with Gasteiger partial charge in [-0.05, 0) is 38.3 Å². The van der Waals surface area contributed by atoms with Gasteiger partial charge in [-0.15, -0.1) is 0 Å². The van der Waals surface area contributed by atoms with Crippen molar-refractivity contribution in [3.63, 3.8) is 0 Å². The molecule has 3 rings (SSSR count). The van der Waals surface area contributed by atoms with Crippen LogP contribution < -0.4 is 4.90 Å². The number of likely N-dealkylation sites (tertiary alicyclic amines) is 1. The molecule has 2 aliphatic rings. The molecule has 5 heteroatoms. The molecule has 2 fully saturated rings. The highest BCUT2D eigenvalue weighted by Crippen LogP contribution is 2.34. The summed E-state index contributed by atoms with van der Waals surface area (Å²) in [5.74, 6) is 0.151. The molecule has 2 atom stereocenters. The lowest BCUT2D eigenvalue weighted by atomic mass is 9.87. The standard InChI is InChI=1S/C17H22N2O3/c1-2-22-17(21)18-12-6-9-15-14(18)10-11-16(20)19(15)13-7-4-3-5-8-13/h3-5,7-8,14-15H,2,6,9-12H2,1H3/t14-,15+/m1/s1. The highest BCUT2D eigenvalue weighted by atomic mass is 16.6. The molecule has 0 bridgehead atoms. The van der Waals surface area contributed by atoms with Crippen molar-refractivity contribution in [1.82, 2.24) is 4.90 Å². The normalized spacial score (nSPS) is 24.9. The minimum atomic E-state index is -0.250. The van der Waals surface area contributed by atoms with Crippen LogP contribution in [0.5, 0.6) is 0 Å². The fraction of sp³-hybridized carbons (Fsp3) is 0.529. The second kappa shape index (κ2) is 6.38. The lowest BCUT2D eigenvalue weighted by molar-refractivity contribution is -0.122. The van der Waals surface area contributed by atoms with E-state index in [-0.39, 0.29) is 24.1 Å². The zero-order chi connectivity index (χ0) is 15.5. The molecule has 1 aromatic rings. The number of piperidine rings is 2. The van der Waals surface area contributed by atoms with Crippen molar-refractivity contribution >= 4 is 17.7 Å². The first kappa shape index (κ1) is 14.9. The maximum atomic E-state index is 12.4. The van der Waals surface area contributed by atoms with Crippen molar-refractivity contribution in [2.24, 2.45) is 0 Å². The Labute approximate surface area is 130 Å². The van der Waals surface area contributed by atoms with Crippen LogP contribution >= 0.6 is 0 Å². The highest BCUT2D eigenvalue weighted by molar-refractivity contribution is 5.95. The van der Waals surface area contributed by atoms with Crippen molar-refractivity contribution in [3.8, 4) is 0 Å². The molecule has 0 saturated carbocycles. The molecular weight excluding hydrogens is 280 g/mol. The van der Waals surface area contributed by atoms with Crippen LogP contribution in [0.3, 0.4) is 0 Å². The van der Waals surface area contributed by atoms with Crippen LogP contribution in [0.15, 0.2) is 30.3 Å². The maximum Gasteiger partial charge on any atom is 0.410 e. The van der Waals surface area contributed by atoms with Crippen LogP contribution in [0.2, 0.25) is 0 Å². The number of ether oxygens (including phenoxy) is 1. The number of carbonyl (C=O) groups excluding carboxylic acids is 2. The Bertz CT molecular complexity index is 546. The summed E-state index contributed by atoms with van der Waals surface area (Å²) < 4.78 is 5.18. The van der Waals surface area contributed by atoms with Crippen molar-refractivity contribution in [2.75, 3.05) is 18.1 Å². The molecule has 5 nitrogen and oxygen atoms in total. The zero-order valence-corrected chi connectivity index (χ0v) is 12.9.